The van der Waals surface area contributed by atoms with Crippen LogP contribution in [0.5, 0.6) is 0 Å². The fraction of sp³-hybridized carbons (Fsp3) is 0.524. The molecule has 12 heteroatoms. The first-order valence-electron chi connectivity index (χ1n) is 18.8. The molecule has 2 aromatic rings. The van der Waals surface area contributed by atoms with Crippen LogP contribution < -0.4 is 10.6 Å². The number of carbonyl (C=O) groups excluding carboxylic acids is 4. The van der Waals surface area contributed by atoms with Gasteiger partial charge >= 0.3 is 12.3 Å². The number of nitrogens with one attached hydrogen (secondary N) is 2. The third kappa shape index (κ3) is 8.50. The topological polar surface area (TPSA) is 148 Å². The molecule has 12 nitrogen and oxygen atoms in total. The number of carbonyl (C=O) groups is 4. The third-order valence-corrected chi connectivity index (χ3v) is 10.9. The van der Waals surface area contributed by atoms with E-state index >= 15 is 0 Å². The molecule has 54 heavy (non-hydrogen) atoms. The quantitative estimate of drug-likeness (QED) is 0.264. The summed E-state index contributed by atoms with van der Waals surface area (Å²) in [6, 6.07) is 11.9. The minimum absolute atomic E-state index is 0.154. The predicted octanol–water partition coefficient (Wildman–Crippen LogP) is 7.29. The van der Waals surface area contributed by atoms with Crippen molar-refractivity contribution in [2.75, 3.05) is 27.4 Å². The number of hydrogen-bond acceptors (Lipinski definition) is 10. The lowest BCUT2D eigenvalue weighted by Crippen LogP contribution is -2.49. The van der Waals surface area contributed by atoms with E-state index in [1.807, 2.05) is 64.1 Å². The summed E-state index contributed by atoms with van der Waals surface area (Å²) in [5.41, 5.74) is 5.05. The van der Waals surface area contributed by atoms with E-state index in [4.69, 9.17) is 28.4 Å². The van der Waals surface area contributed by atoms with Crippen molar-refractivity contribution in [1.82, 2.24) is 10.6 Å². The van der Waals surface area contributed by atoms with Crippen molar-refractivity contribution in [1.29, 1.82) is 0 Å². The molecule has 2 fully saturated rings. The van der Waals surface area contributed by atoms with Crippen LogP contribution in [0.4, 0.5) is 9.59 Å². The smallest absolute Gasteiger partial charge is 0.434 e. The number of amides is 2. The Balaban J connectivity index is 0.000000208. The van der Waals surface area contributed by atoms with E-state index in [9.17, 15) is 19.2 Å². The van der Waals surface area contributed by atoms with Gasteiger partial charge in [-0.3, -0.25) is 9.59 Å². The van der Waals surface area contributed by atoms with Gasteiger partial charge in [0.05, 0.1) is 47.6 Å². The average Bonchev–Trinajstić information content (AvgIpc) is 3.55. The minimum Gasteiger partial charge on any atom is -0.434 e. The Morgan fingerprint density at radius 1 is 0.630 bits per heavy atom. The van der Waals surface area contributed by atoms with Gasteiger partial charge in [0, 0.05) is 14.2 Å². The highest BCUT2D eigenvalue weighted by atomic mass is 16.7. The van der Waals surface area contributed by atoms with E-state index in [1.165, 1.54) is 0 Å². The lowest BCUT2D eigenvalue weighted by Gasteiger charge is -2.37. The van der Waals surface area contributed by atoms with Gasteiger partial charge in [-0.05, 0) is 115 Å². The molecule has 2 saturated carbocycles. The first-order valence-corrected chi connectivity index (χ1v) is 18.8. The second-order valence-electron chi connectivity index (χ2n) is 14.6. The normalized spacial score (nSPS) is 24.9. The Labute approximate surface area is 317 Å². The number of hydrogen-bond donors (Lipinski definition) is 2. The van der Waals surface area contributed by atoms with E-state index < -0.39 is 23.4 Å². The molecule has 6 rings (SSSR count). The molecule has 2 aliphatic carbocycles. The molecular formula is C42H54N2O10. The summed E-state index contributed by atoms with van der Waals surface area (Å²) >= 11 is 0. The molecule has 4 aliphatic rings. The van der Waals surface area contributed by atoms with E-state index in [0.29, 0.717) is 48.3 Å². The van der Waals surface area contributed by atoms with Gasteiger partial charge in [-0.1, -0.05) is 47.5 Å². The number of rotatable bonds is 8. The van der Waals surface area contributed by atoms with Crippen LogP contribution in [0.2, 0.25) is 0 Å². The van der Waals surface area contributed by atoms with Crippen molar-refractivity contribution in [2.24, 2.45) is 0 Å². The molecule has 2 aliphatic heterocycles. The highest BCUT2D eigenvalue weighted by Crippen LogP contribution is 2.46. The van der Waals surface area contributed by atoms with Crippen molar-refractivity contribution < 1.29 is 47.6 Å². The molecule has 2 aromatic carbocycles. The lowest BCUT2D eigenvalue weighted by atomic mass is 9.79. The van der Waals surface area contributed by atoms with Crippen LogP contribution in [0.25, 0.3) is 11.1 Å². The van der Waals surface area contributed by atoms with E-state index in [-0.39, 0.29) is 37.2 Å². The molecule has 292 valence electrons. The summed E-state index contributed by atoms with van der Waals surface area (Å²) in [6.07, 6.45) is 4.50. The minimum atomic E-state index is -0.778. The maximum Gasteiger partial charge on any atom is 0.513 e. The highest BCUT2D eigenvalue weighted by Gasteiger charge is 2.51. The monoisotopic (exact) mass is 746 g/mol. The van der Waals surface area contributed by atoms with Gasteiger partial charge in [-0.25, -0.2) is 9.59 Å². The van der Waals surface area contributed by atoms with E-state index in [1.54, 1.807) is 28.1 Å². The van der Waals surface area contributed by atoms with Crippen LogP contribution in [-0.4, -0.2) is 74.8 Å². The first-order chi connectivity index (χ1) is 25.8. The fourth-order valence-electron chi connectivity index (χ4n) is 7.96. The molecule has 2 spiro atoms. The van der Waals surface area contributed by atoms with E-state index in [0.717, 1.165) is 59.1 Å². The highest BCUT2D eigenvalue weighted by molar-refractivity contribution is 6.24. The maximum absolute atomic E-state index is 13.0. The lowest BCUT2D eigenvalue weighted by molar-refractivity contribution is -0.117. The summed E-state index contributed by atoms with van der Waals surface area (Å²) in [5, 5.41) is 6.21. The van der Waals surface area contributed by atoms with Gasteiger partial charge in [0.15, 0.2) is 0 Å². The molecule has 0 radical (unpaired) electrons. The predicted molar refractivity (Wildman–Crippen MR) is 202 cm³/mol. The number of methoxy groups -OCH3 is 2. The van der Waals surface area contributed by atoms with Gasteiger partial charge in [-0.2, -0.15) is 0 Å². The molecule has 2 N–H and O–H groups in total. The summed E-state index contributed by atoms with van der Waals surface area (Å²) in [7, 11) is 3.40. The van der Waals surface area contributed by atoms with Gasteiger partial charge in [-0.15, -0.1) is 0 Å². The number of ether oxygens (including phenoxy) is 6. The van der Waals surface area contributed by atoms with Crippen LogP contribution in [0.3, 0.4) is 0 Å². The zero-order chi connectivity index (χ0) is 39.2. The molecule has 0 bridgehead atoms. The molecule has 0 saturated heterocycles. The van der Waals surface area contributed by atoms with Crippen LogP contribution in [0.1, 0.15) is 98.6 Å². The number of benzene rings is 2. The van der Waals surface area contributed by atoms with Crippen molar-refractivity contribution in [3.05, 3.63) is 81.3 Å². The Kier molecular flexibility index (Phi) is 12.9. The summed E-state index contributed by atoms with van der Waals surface area (Å²) in [5.74, 6) is 0.348. The van der Waals surface area contributed by atoms with Crippen molar-refractivity contribution in [3.63, 3.8) is 0 Å². The molecular weight excluding hydrogens is 692 g/mol. The Morgan fingerprint density at radius 2 is 0.981 bits per heavy atom. The van der Waals surface area contributed by atoms with Crippen molar-refractivity contribution in [3.8, 4) is 0 Å². The molecule has 2 heterocycles. The summed E-state index contributed by atoms with van der Waals surface area (Å²) in [4.78, 5) is 50.2. The Morgan fingerprint density at radius 3 is 1.30 bits per heavy atom. The zero-order valence-electron chi connectivity index (χ0n) is 32.8. The Hall–Kier alpha value is -4.68. The fourth-order valence-corrected chi connectivity index (χ4v) is 7.96. The van der Waals surface area contributed by atoms with Crippen molar-refractivity contribution in [2.45, 2.75) is 116 Å². The zero-order valence-corrected chi connectivity index (χ0v) is 32.8. The second-order valence-corrected chi connectivity index (χ2v) is 14.6. The first kappa shape index (κ1) is 40.5. The van der Waals surface area contributed by atoms with Crippen molar-refractivity contribution >= 4 is 35.3 Å². The second kappa shape index (κ2) is 17.2. The van der Waals surface area contributed by atoms with Crippen LogP contribution in [-0.2, 0) is 38.0 Å². The molecule has 2 amide bonds. The van der Waals surface area contributed by atoms with Gasteiger partial charge in [0.1, 0.15) is 11.5 Å². The summed E-state index contributed by atoms with van der Waals surface area (Å²) < 4.78 is 32.2. The SMILES string of the molecule is CCOC(=O)OC1=C(c2cc(C)ccc2C)C(=O)N[C@]12CC[C@@H](OC)CC2.CCOC(=O)OC1=C(c2cc(C)ccc2C)C(=O)N[C@]12CC[C@@H](OC)CC2. The summed E-state index contributed by atoms with van der Waals surface area (Å²) in [6.45, 7) is 11.7. The van der Waals surface area contributed by atoms with Crippen LogP contribution >= 0.6 is 0 Å². The third-order valence-electron chi connectivity index (χ3n) is 10.9. The van der Waals surface area contributed by atoms with Gasteiger partial charge in [0.25, 0.3) is 11.8 Å². The van der Waals surface area contributed by atoms with Crippen LogP contribution in [0, 0.1) is 27.7 Å². The van der Waals surface area contributed by atoms with Gasteiger partial charge in [0.2, 0.25) is 0 Å². The Bertz CT molecular complexity index is 1680. The molecule has 0 atom stereocenters. The van der Waals surface area contributed by atoms with Crippen LogP contribution in [0.15, 0.2) is 47.9 Å². The molecule has 0 aromatic heterocycles. The standard InChI is InChI=1S/2C21H27NO5/c2*1-5-26-20(24)27-18-17(16-12-13(2)6-7-14(16)3)19(23)22-21(18)10-8-15(25-4)9-11-21/h2*6-7,12,15H,5,8-11H2,1-4H3,(H,22,23)/t2*15-,21+. The van der Waals surface area contributed by atoms with E-state index in [2.05, 4.69) is 10.6 Å². The maximum atomic E-state index is 13.0. The largest absolute Gasteiger partial charge is 0.513 e. The van der Waals surface area contributed by atoms with Gasteiger partial charge < -0.3 is 39.1 Å². The average molecular weight is 747 g/mol. The number of aryl methyl sites for hydroxylation is 4. The molecule has 0 unspecified atom stereocenters.